The molecule has 0 aromatic carbocycles. The van der Waals surface area contributed by atoms with Crippen LogP contribution in [-0.4, -0.2) is 16.2 Å². The zero-order valence-electron chi connectivity index (χ0n) is 10.3. The second kappa shape index (κ2) is 2.85. The summed E-state index contributed by atoms with van der Waals surface area (Å²) in [5.41, 5.74) is 8.98. The number of nitrogens with two attached hydrogens (primary N) is 1. The molecule has 15 heavy (non-hydrogen) atoms. The molecule has 3 N–H and O–H groups in total. The molecule has 1 saturated carbocycles. The van der Waals surface area contributed by atoms with Gasteiger partial charge in [-0.1, -0.05) is 34.6 Å². The molecule has 0 aliphatic heterocycles. The van der Waals surface area contributed by atoms with Gasteiger partial charge < -0.3 is 5.73 Å². The van der Waals surface area contributed by atoms with Crippen molar-refractivity contribution in [1.82, 2.24) is 10.2 Å². The fourth-order valence-corrected chi connectivity index (χ4v) is 2.40. The van der Waals surface area contributed by atoms with Gasteiger partial charge in [-0.05, 0) is 11.0 Å². The molecule has 3 nitrogen and oxygen atoms in total. The number of hydrogen-bond acceptors (Lipinski definition) is 2. The Morgan fingerprint density at radius 2 is 1.93 bits per heavy atom. The van der Waals surface area contributed by atoms with Gasteiger partial charge in [-0.15, -0.1) is 0 Å². The highest BCUT2D eigenvalue weighted by atomic mass is 15.1. The van der Waals surface area contributed by atoms with Crippen LogP contribution in [0.2, 0.25) is 0 Å². The number of nitrogens with one attached hydrogen (secondary N) is 1. The van der Waals surface area contributed by atoms with Crippen LogP contribution >= 0.6 is 0 Å². The van der Waals surface area contributed by atoms with Crippen molar-refractivity contribution in [3.63, 3.8) is 0 Å². The van der Waals surface area contributed by atoms with E-state index in [0.717, 1.165) is 0 Å². The number of H-pyrrole nitrogens is 1. The summed E-state index contributed by atoms with van der Waals surface area (Å²) in [6, 6.07) is 0.274. The van der Waals surface area contributed by atoms with Crippen LogP contribution in [0.4, 0.5) is 0 Å². The molecular weight excluding hydrogens is 186 g/mol. The van der Waals surface area contributed by atoms with Crippen molar-refractivity contribution >= 4 is 0 Å². The number of hydrogen-bond donors (Lipinski definition) is 2. The predicted molar refractivity (Wildman–Crippen MR) is 61.8 cm³/mol. The van der Waals surface area contributed by atoms with Crippen molar-refractivity contribution < 1.29 is 0 Å². The zero-order valence-corrected chi connectivity index (χ0v) is 10.3. The maximum atomic E-state index is 6.11. The third-order valence-corrected chi connectivity index (χ3v) is 3.66. The standard InChI is InChI=1S/C12H21N3/c1-11(2,3)10-7(6-14-15-10)8-9(13)12(8,4)5/h6,8-9H,13H2,1-5H3,(H,14,15)/t8-,9-/m1/s1. The lowest BCUT2D eigenvalue weighted by atomic mass is 9.87. The molecule has 1 aromatic heterocycles. The van der Waals surface area contributed by atoms with E-state index in [1.54, 1.807) is 0 Å². The lowest BCUT2D eigenvalue weighted by Gasteiger charge is -2.18. The summed E-state index contributed by atoms with van der Waals surface area (Å²) < 4.78 is 0. The summed E-state index contributed by atoms with van der Waals surface area (Å²) in [4.78, 5) is 0. The Morgan fingerprint density at radius 1 is 1.40 bits per heavy atom. The number of aromatic amines is 1. The van der Waals surface area contributed by atoms with Crippen LogP contribution in [0, 0.1) is 5.41 Å². The van der Waals surface area contributed by atoms with E-state index < -0.39 is 0 Å². The zero-order chi connectivity index (χ0) is 11.4. The molecule has 2 rings (SSSR count). The van der Waals surface area contributed by atoms with Gasteiger partial charge in [0.2, 0.25) is 0 Å². The Kier molecular flexibility index (Phi) is 2.03. The van der Waals surface area contributed by atoms with Gasteiger partial charge in [0, 0.05) is 23.1 Å². The maximum absolute atomic E-state index is 6.11. The lowest BCUT2D eigenvalue weighted by Crippen LogP contribution is -2.15. The Morgan fingerprint density at radius 3 is 2.33 bits per heavy atom. The minimum absolute atomic E-state index is 0.115. The molecule has 1 fully saturated rings. The highest BCUT2D eigenvalue weighted by Gasteiger charge is 2.57. The smallest absolute Gasteiger partial charge is 0.0526 e. The highest BCUT2D eigenvalue weighted by molar-refractivity contribution is 5.38. The van der Waals surface area contributed by atoms with Crippen molar-refractivity contribution in [3.05, 3.63) is 17.5 Å². The van der Waals surface area contributed by atoms with Gasteiger partial charge in [-0.2, -0.15) is 5.10 Å². The SMILES string of the molecule is CC(C)(C)c1[nH]ncc1[C@@H]1[C@@H](N)C1(C)C. The van der Waals surface area contributed by atoms with Gasteiger partial charge in [0.25, 0.3) is 0 Å². The summed E-state index contributed by atoms with van der Waals surface area (Å²) in [5.74, 6) is 0.463. The fraction of sp³-hybridized carbons (Fsp3) is 0.750. The topological polar surface area (TPSA) is 54.7 Å². The first-order chi connectivity index (χ1) is 6.76. The summed E-state index contributed by atoms with van der Waals surface area (Å²) in [6.07, 6.45) is 1.94. The quantitative estimate of drug-likeness (QED) is 0.741. The Balaban J connectivity index is 2.36. The first kappa shape index (κ1) is 10.7. The maximum Gasteiger partial charge on any atom is 0.0526 e. The molecule has 2 atom stereocenters. The van der Waals surface area contributed by atoms with E-state index in [1.807, 2.05) is 6.20 Å². The van der Waals surface area contributed by atoms with E-state index >= 15 is 0 Å². The van der Waals surface area contributed by atoms with Gasteiger partial charge in [0.15, 0.2) is 0 Å². The summed E-state index contributed by atoms with van der Waals surface area (Å²) in [5, 5.41) is 7.29. The van der Waals surface area contributed by atoms with E-state index in [9.17, 15) is 0 Å². The minimum atomic E-state index is 0.115. The molecule has 0 saturated heterocycles. The van der Waals surface area contributed by atoms with Crippen molar-refractivity contribution in [1.29, 1.82) is 0 Å². The van der Waals surface area contributed by atoms with Crippen molar-refractivity contribution in [2.75, 3.05) is 0 Å². The molecule has 1 heterocycles. The molecule has 84 valence electrons. The largest absolute Gasteiger partial charge is 0.327 e. The highest BCUT2D eigenvalue weighted by Crippen LogP contribution is 2.58. The predicted octanol–water partition coefficient (Wildman–Crippen LogP) is 2.16. The van der Waals surface area contributed by atoms with E-state index in [-0.39, 0.29) is 16.9 Å². The molecule has 1 aliphatic rings. The minimum Gasteiger partial charge on any atom is -0.327 e. The summed E-state index contributed by atoms with van der Waals surface area (Å²) in [6.45, 7) is 11.0. The molecule has 1 aromatic rings. The van der Waals surface area contributed by atoms with Crippen molar-refractivity contribution in [3.8, 4) is 0 Å². The first-order valence-electron chi connectivity index (χ1n) is 5.55. The third-order valence-electron chi connectivity index (χ3n) is 3.66. The van der Waals surface area contributed by atoms with Gasteiger partial charge in [0.1, 0.15) is 0 Å². The van der Waals surface area contributed by atoms with Crippen LogP contribution in [0.25, 0.3) is 0 Å². The van der Waals surface area contributed by atoms with Gasteiger partial charge in [0.05, 0.1) is 6.20 Å². The van der Waals surface area contributed by atoms with E-state index in [0.29, 0.717) is 5.92 Å². The normalized spacial score (nSPS) is 29.2. The first-order valence-corrected chi connectivity index (χ1v) is 5.55. The Labute approximate surface area is 91.4 Å². The fourth-order valence-electron chi connectivity index (χ4n) is 2.40. The second-order valence-corrected chi connectivity index (χ2v) is 6.28. The molecule has 0 amide bonds. The molecule has 0 bridgehead atoms. The van der Waals surface area contributed by atoms with Crippen LogP contribution in [0.1, 0.15) is 51.8 Å². The van der Waals surface area contributed by atoms with Crippen LogP contribution < -0.4 is 5.73 Å². The van der Waals surface area contributed by atoms with Gasteiger partial charge in [-0.3, -0.25) is 5.10 Å². The second-order valence-electron chi connectivity index (χ2n) is 6.28. The molecule has 0 unspecified atom stereocenters. The van der Waals surface area contributed by atoms with E-state index in [1.165, 1.54) is 11.3 Å². The molecular formula is C12H21N3. The number of nitrogens with zero attached hydrogens (tertiary/aromatic N) is 1. The third kappa shape index (κ3) is 1.49. The summed E-state index contributed by atoms with van der Waals surface area (Å²) >= 11 is 0. The van der Waals surface area contributed by atoms with Crippen LogP contribution in [0.5, 0.6) is 0 Å². The number of rotatable bonds is 1. The van der Waals surface area contributed by atoms with Crippen molar-refractivity contribution in [2.45, 2.75) is 52.0 Å². The Hall–Kier alpha value is -0.830. The average Bonchev–Trinajstić information content (AvgIpc) is 2.53. The van der Waals surface area contributed by atoms with E-state index in [4.69, 9.17) is 5.73 Å². The van der Waals surface area contributed by atoms with Crippen molar-refractivity contribution in [2.24, 2.45) is 11.1 Å². The molecule has 0 radical (unpaired) electrons. The van der Waals surface area contributed by atoms with E-state index in [2.05, 4.69) is 44.8 Å². The van der Waals surface area contributed by atoms with Crippen LogP contribution in [0.15, 0.2) is 6.20 Å². The average molecular weight is 207 g/mol. The molecule has 1 aliphatic carbocycles. The van der Waals surface area contributed by atoms with Crippen LogP contribution in [0.3, 0.4) is 0 Å². The monoisotopic (exact) mass is 207 g/mol. The Bertz CT molecular complexity index is 370. The van der Waals surface area contributed by atoms with Crippen LogP contribution in [-0.2, 0) is 5.41 Å². The summed E-state index contributed by atoms with van der Waals surface area (Å²) in [7, 11) is 0. The van der Waals surface area contributed by atoms with Gasteiger partial charge in [-0.25, -0.2) is 0 Å². The lowest BCUT2D eigenvalue weighted by molar-refractivity contribution is 0.550. The van der Waals surface area contributed by atoms with Gasteiger partial charge >= 0.3 is 0 Å². The molecule has 0 spiro atoms. The molecule has 3 heteroatoms. The number of aromatic nitrogens is 2.